The molecule has 28 heavy (non-hydrogen) atoms. The van der Waals surface area contributed by atoms with Crippen molar-refractivity contribution < 1.29 is 19.0 Å². The van der Waals surface area contributed by atoms with Gasteiger partial charge < -0.3 is 18.8 Å². The Morgan fingerprint density at radius 3 is 2.46 bits per heavy atom. The highest BCUT2D eigenvalue weighted by atomic mass is 16.5. The monoisotopic (exact) mass is 381 g/mol. The third kappa shape index (κ3) is 3.51. The normalized spacial score (nSPS) is 11.0. The maximum atomic E-state index is 12.8. The lowest BCUT2D eigenvalue weighted by Crippen LogP contribution is -2.18. The lowest BCUT2D eigenvalue weighted by molar-refractivity contribution is 0.0956. The van der Waals surface area contributed by atoms with E-state index in [-0.39, 0.29) is 5.91 Å². The fraction of sp³-hybridized carbons (Fsp3) is 0.238. The third-order valence-electron chi connectivity index (χ3n) is 4.71. The second-order valence-electron chi connectivity index (χ2n) is 6.22. The van der Waals surface area contributed by atoms with Crippen LogP contribution >= 0.6 is 0 Å². The summed E-state index contributed by atoms with van der Waals surface area (Å²) in [7, 11) is 6.67. The van der Waals surface area contributed by atoms with Gasteiger partial charge in [-0.05, 0) is 48.9 Å². The highest BCUT2D eigenvalue weighted by molar-refractivity contribution is 6.08. The Morgan fingerprint density at radius 2 is 1.79 bits per heavy atom. The number of aromatic nitrogens is 1. The number of hydrogen-bond acceptors (Lipinski definition) is 5. The minimum absolute atomic E-state index is 0.284. The summed E-state index contributed by atoms with van der Waals surface area (Å²) in [5, 5.41) is 4.90. The number of carbonyl (C=O) groups excluding carboxylic acids is 1. The summed E-state index contributed by atoms with van der Waals surface area (Å²) in [5.74, 6) is 1.63. The molecule has 0 saturated carbocycles. The molecule has 0 atom stereocenters. The number of methoxy groups -OCH3 is 3. The van der Waals surface area contributed by atoms with Crippen LogP contribution < -0.4 is 19.6 Å². The second-order valence-corrected chi connectivity index (χ2v) is 6.22. The Morgan fingerprint density at radius 1 is 1.04 bits per heavy atom. The van der Waals surface area contributed by atoms with Crippen molar-refractivity contribution in [3.63, 3.8) is 0 Å². The van der Waals surface area contributed by atoms with Crippen LogP contribution in [0.2, 0.25) is 0 Å². The molecule has 0 spiro atoms. The zero-order chi connectivity index (χ0) is 20.3. The van der Waals surface area contributed by atoms with Crippen LogP contribution in [0, 0.1) is 6.92 Å². The van der Waals surface area contributed by atoms with Crippen LogP contribution in [-0.4, -0.2) is 38.0 Å². The van der Waals surface area contributed by atoms with Gasteiger partial charge in [0, 0.05) is 23.6 Å². The fourth-order valence-electron chi connectivity index (χ4n) is 3.12. The first-order valence-corrected chi connectivity index (χ1v) is 8.68. The predicted octanol–water partition coefficient (Wildman–Crippen LogP) is 3.28. The summed E-state index contributed by atoms with van der Waals surface area (Å²) < 4.78 is 17.8. The van der Waals surface area contributed by atoms with Crippen molar-refractivity contribution in [2.45, 2.75) is 6.92 Å². The van der Waals surface area contributed by atoms with Crippen LogP contribution in [0.3, 0.4) is 0 Å². The summed E-state index contributed by atoms with van der Waals surface area (Å²) in [4.78, 5) is 12.8. The van der Waals surface area contributed by atoms with E-state index in [1.807, 2.05) is 42.8 Å². The van der Waals surface area contributed by atoms with E-state index >= 15 is 0 Å². The van der Waals surface area contributed by atoms with Gasteiger partial charge in [0.25, 0.3) is 5.91 Å². The zero-order valence-corrected chi connectivity index (χ0v) is 16.6. The number of hydrazone groups is 1. The van der Waals surface area contributed by atoms with Crippen LogP contribution in [0.25, 0.3) is 10.9 Å². The number of aryl methyl sites for hydroxylation is 1. The molecule has 1 amide bonds. The number of nitrogens with zero attached hydrogens (tertiary/aromatic N) is 2. The van der Waals surface area contributed by atoms with E-state index in [9.17, 15) is 4.79 Å². The minimum Gasteiger partial charge on any atom is -0.497 e. The Balaban J connectivity index is 1.86. The Bertz CT molecular complexity index is 1050. The average Bonchev–Trinajstić information content (AvgIpc) is 2.97. The molecule has 0 aliphatic rings. The molecule has 146 valence electrons. The summed E-state index contributed by atoms with van der Waals surface area (Å²) in [6, 6.07) is 11.1. The lowest BCUT2D eigenvalue weighted by atomic mass is 10.1. The van der Waals surface area contributed by atoms with Gasteiger partial charge in [-0.2, -0.15) is 5.10 Å². The maximum absolute atomic E-state index is 12.8. The smallest absolute Gasteiger partial charge is 0.273 e. The number of carbonyl (C=O) groups is 1. The number of amides is 1. The molecule has 0 aliphatic carbocycles. The van der Waals surface area contributed by atoms with E-state index in [4.69, 9.17) is 14.2 Å². The van der Waals surface area contributed by atoms with Gasteiger partial charge in [-0.1, -0.05) is 0 Å². The van der Waals surface area contributed by atoms with Gasteiger partial charge in [0.15, 0.2) is 11.5 Å². The van der Waals surface area contributed by atoms with Crippen LogP contribution in [0.15, 0.2) is 41.5 Å². The van der Waals surface area contributed by atoms with E-state index < -0.39 is 0 Å². The third-order valence-corrected chi connectivity index (χ3v) is 4.71. The molecule has 0 fully saturated rings. The first-order valence-electron chi connectivity index (χ1n) is 8.68. The fourth-order valence-corrected chi connectivity index (χ4v) is 3.12. The van der Waals surface area contributed by atoms with Crippen molar-refractivity contribution >= 4 is 23.0 Å². The van der Waals surface area contributed by atoms with Crippen molar-refractivity contribution in [1.82, 2.24) is 9.99 Å². The minimum atomic E-state index is -0.284. The number of hydrogen-bond donors (Lipinski definition) is 1. The SMILES string of the molecule is COc1ccc2c(c1)c(C(=O)N/N=C\c1ccc(OC)c(OC)c1)c(C)n2C. The molecule has 0 radical (unpaired) electrons. The van der Waals surface area contributed by atoms with Crippen molar-refractivity contribution in [3.8, 4) is 17.2 Å². The molecular formula is C21H23N3O4. The highest BCUT2D eigenvalue weighted by Gasteiger charge is 2.18. The molecule has 0 aliphatic heterocycles. The van der Waals surface area contributed by atoms with Gasteiger partial charge in [0.1, 0.15) is 5.75 Å². The van der Waals surface area contributed by atoms with Gasteiger partial charge in [-0.3, -0.25) is 4.79 Å². The van der Waals surface area contributed by atoms with Gasteiger partial charge in [-0.15, -0.1) is 0 Å². The quantitative estimate of drug-likeness (QED) is 0.525. The molecule has 3 aromatic rings. The van der Waals surface area contributed by atoms with Gasteiger partial charge in [-0.25, -0.2) is 5.43 Å². The van der Waals surface area contributed by atoms with Crippen LogP contribution in [0.1, 0.15) is 21.6 Å². The number of nitrogens with one attached hydrogen (secondary N) is 1. The molecule has 7 nitrogen and oxygen atoms in total. The van der Waals surface area contributed by atoms with Crippen molar-refractivity contribution in [2.24, 2.45) is 12.1 Å². The highest BCUT2D eigenvalue weighted by Crippen LogP contribution is 2.29. The molecule has 2 aromatic carbocycles. The van der Waals surface area contributed by atoms with Gasteiger partial charge in [0.2, 0.25) is 0 Å². The van der Waals surface area contributed by atoms with Gasteiger partial charge in [0.05, 0.1) is 33.1 Å². The first-order chi connectivity index (χ1) is 13.5. The largest absolute Gasteiger partial charge is 0.497 e. The first kappa shape index (κ1) is 19.3. The van der Waals surface area contributed by atoms with Crippen LogP contribution in [0.4, 0.5) is 0 Å². The summed E-state index contributed by atoms with van der Waals surface area (Å²) >= 11 is 0. The lowest BCUT2D eigenvalue weighted by Gasteiger charge is -2.07. The van der Waals surface area contributed by atoms with E-state index in [1.165, 1.54) is 0 Å². The molecule has 1 aromatic heterocycles. The molecule has 0 unspecified atom stereocenters. The topological polar surface area (TPSA) is 74.1 Å². The molecule has 0 bridgehead atoms. The zero-order valence-electron chi connectivity index (χ0n) is 16.6. The summed E-state index contributed by atoms with van der Waals surface area (Å²) in [6.45, 7) is 1.90. The van der Waals surface area contributed by atoms with E-state index in [2.05, 4.69) is 10.5 Å². The molecular weight excluding hydrogens is 358 g/mol. The van der Waals surface area contributed by atoms with Gasteiger partial charge >= 0.3 is 0 Å². The second kappa shape index (κ2) is 8.04. The van der Waals surface area contributed by atoms with E-state index in [1.54, 1.807) is 39.7 Å². The molecule has 1 N–H and O–H groups in total. The average molecular weight is 381 g/mol. The van der Waals surface area contributed by atoms with Crippen molar-refractivity contribution in [3.05, 3.63) is 53.2 Å². The molecule has 0 saturated heterocycles. The Labute approximate surface area is 163 Å². The maximum Gasteiger partial charge on any atom is 0.273 e. The van der Waals surface area contributed by atoms with E-state index in [0.29, 0.717) is 22.8 Å². The summed E-state index contributed by atoms with van der Waals surface area (Å²) in [5.41, 5.74) is 5.74. The molecule has 1 heterocycles. The Hall–Kier alpha value is -3.48. The Kier molecular flexibility index (Phi) is 5.54. The predicted molar refractivity (Wildman–Crippen MR) is 109 cm³/mol. The number of ether oxygens (including phenoxy) is 3. The molecule has 3 rings (SSSR count). The number of rotatable bonds is 6. The number of fused-ring (bicyclic) bond motifs is 1. The van der Waals surface area contributed by atoms with E-state index in [0.717, 1.165) is 22.2 Å². The van der Waals surface area contributed by atoms with Crippen LogP contribution in [-0.2, 0) is 7.05 Å². The molecule has 7 heteroatoms. The van der Waals surface area contributed by atoms with Crippen LogP contribution in [0.5, 0.6) is 17.2 Å². The standard InChI is InChI=1S/C21H23N3O4/c1-13-20(16-11-15(26-3)7-8-17(16)24(13)2)21(25)23-22-12-14-6-9-18(27-4)19(10-14)28-5/h6-12H,1-5H3,(H,23,25)/b22-12-. The number of benzene rings is 2. The van der Waals surface area contributed by atoms with Crippen molar-refractivity contribution in [2.75, 3.05) is 21.3 Å². The summed E-state index contributed by atoms with van der Waals surface area (Å²) in [6.07, 6.45) is 1.56. The van der Waals surface area contributed by atoms with Crippen molar-refractivity contribution in [1.29, 1.82) is 0 Å².